The molecule has 0 aliphatic heterocycles. The second-order valence-corrected chi connectivity index (χ2v) is 5.37. The summed E-state index contributed by atoms with van der Waals surface area (Å²) in [6.07, 6.45) is -0.186. The first kappa shape index (κ1) is 16.8. The smallest absolute Gasteiger partial charge is 0.253 e. The van der Waals surface area contributed by atoms with E-state index >= 15 is 0 Å². The van der Waals surface area contributed by atoms with Crippen molar-refractivity contribution < 1.29 is 14.3 Å². The Bertz CT molecular complexity index is 686. The highest BCUT2D eigenvalue weighted by Gasteiger charge is 2.13. The molecule has 122 valence electrons. The molecule has 1 amide bonds. The number of hydrogen-bond acceptors (Lipinski definition) is 4. The zero-order valence-electron chi connectivity index (χ0n) is 13.9. The molecule has 5 heteroatoms. The van der Waals surface area contributed by atoms with Crippen LogP contribution in [0.3, 0.4) is 0 Å². The molecule has 1 atom stereocenters. The molecule has 0 fully saturated rings. The first-order valence-corrected chi connectivity index (χ1v) is 7.53. The number of nitrogens with one attached hydrogen (secondary N) is 1. The summed E-state index contributed by atoms with van der Waals surface area (Å²) in [5.41, 5.74) is 2.20. The Morgan fingerprint density at radius 1 is 1.17 bits per heavy atom. The third kappa shape index (κ3) is 4.45. The molecule has 0 aliphatic rings. The van der Waals surface area contributed by atoms with E-state index in [-0.39, 0.29) is 12.0 Å². The number of hydrogen-bond donors (Lipinski definition) is 1. The highest BCUT2D eigenvalue weighted by molar-refractivity contribution is 5.95. The van der Waals surface area contributed by atoms with Crippen molar-refractivity contribution in [3.8, 4) is 11.5 Å². The zero-order chi connectivity index (χ0) is 16.8. The summed E-state index contributed by atoms with van der Waals surface area (Å²) in [7, 11) is 1.60. The molecule has 1 aromatic heterocycles. The topological polar surface area (TPSA) is 60.5 Å². The number of para-hydroxylation sites is 2. The van der Waals surface area contributed by atoms with Gasteiger partial charge in [-0.25, -0.2) is 0 Å². The van der Waals surface area contributed by atoms with E-state index < -0.39 is 0 Å². The third-order valence-corrected chi connectivity index (χ3v) is 3.42. The molecule has 23 heavy (non-hydrogen) atoms. The summed E-state index contributed by atoms with van der Waals surface area (Å²) in [4.78, 5) is 16.5. The number of nitrogens with zero attached hydrogens (tertiary/aromatic N) is 1. The van der Waals surface area contributed by atoms with Crippen LogP contribution in [0.4, 0.5) is 0 Å². The van der Waals surface area contributed by atoms with Crippen LogP contribution in [0.5, 0.6) is 11.5 Å². The van der Waals surface area contributed by atoms with E-state index in [4.69, 9.17) is 9.47 Å². The van der Waals surface area contributed by atoms with Crippen molar-refractivity contribution in [3.05, 3.63) is 53.3 Å². The first-order valence-electron chi connectivity index (χ1n) is 7.53. The number of pyridine rings is 1. The van der Waals surface area contributed by atoms with Crippen LogP contribution >= 0.6 is 0 Å². The van der Waals surface area contributed by atoms with Gasteiger partial charge in [-0.15, -0.1) is 0 Å². The van der Waals surface area contributed by atoms with Gasteiger partial charge in [0.05, 0.1) is 24.9 Å². The molecule has 0 spiro atoms. The summed E-state index contributed by atoms with van der Waals surface area (Å²) in [6, 6.07) is 11.1. The Morgan fingerprint density at radius 3 is 2.52 bits per heavy atom. The number of ether oxygens (including phenoxy) is 2. The second kappa shape index (κ2) is 7.63. The Balaban J connectivity index is 1.93. The normalized spacial score (nSPS) is 11.7. The van der Waals surface area contributed by atoms with Crippen LogP contribution in [0.1, 0.15) is 28.7 Å². The summed E-state index contributed by atoms with van der Waals surface area (Å²) >= 11 is 0. The zero-order valence-corrected chi connectivity index (χ0v) is 13.9. The van der Waals surface area contributed by atoms with E-state index in [9.17, 15) is 4.79 Å². The van der Waals surface area contributed by atoms with Gasteiger partial charge >= 0.3 is 0 Å². The fraction of sp³-hybridized carbons (Fsp3) is 0.333. The minimum atomic E-state index is -0.186. The Kier molecular flexibility index (Phi) is 5.57. The molecule has 2 aromatic rings. The standard InChI is InChI=1S/C18H22N2O3/c1-12-9-10-15(14(3)20-12)18(21)19-11-13(2)23-17-8-6-5-7-16(17)22-4/h5-10,13H,11H2,1-4H3,(H,19,21). The molecule has 0 radical (unpaired) electrons. The van der Waals surface area contributed by atoms with Gasteiger partial charge < -0.3 is 14.8 Å². The van der Waals surface area contributed by atoms with Crippen molar-refractivity contribution in [1.82, 2.24) is 10.3 Å². The van der Waals surface area contributed by atoms with Crippen molar-refractivity contribution >= 4 is 5.91 Å². The third-order valence-electron chi connectivity index (χ3n) is 3.42. The van der Waals surface area contributed by atoms with Gasteiger partial charge in [0.15, 0.2) is 11.5 Å². The van der Waals surface area contributed by atoms with Crippen LogP contribution in [0.25, 0.3) is 0 Å². The molecule has 5 nitrogen and oxygen atoms in total. The second-order valence-electron chi connectivity index (χ2n) is 5.37. The number of aromatic nitrogens is 1. The maximum Gasteiger partial charge on any atom is 0.253 e. The predicted molar refractivity (Wildman–Crippen MR) is 89.1 cm³/mol. The highest BCUT2D eigenvalue weighted by Crippen LogP contribution is 2.26. The van der Waals surface area contributed by atoms with Crippen molar-refractivity contribution in [2.75, 3.05) is 13.7 Å². The van der Waals surface area contributed by atoms with Crippen LogP contribution < -0.4 is 14.8 Å². The number of methoxy groups -OCH3 is 1. The summed E-state index contributed by atoms with van der Waals surface area (Å²) in [5.74, 6) is 1.18. The lowest BCUT2D eigenvalue weighted by atomic mass is 10.1. The minimum absolute atomic E-state index is 0.148. The lowest BCUT2D eigenvalue weighted by Gasteiger charge is -2.17. The predicted octanol–water partition coefficient (Wildman–Crippen LogP) is 2.90. The van der Waals surface area contributed by atoms with Gasteiger partial charge in [-0.2, -0.15) is 0 Å². The number of benzene rings is 1. The fourth-order valence-electron chi connectivity index (χ4n) is 2.23. The number of amides is 1. The van der Waals surface area contributed by atoms with E-state index in [2.05, 4.69) is 10.3 Å². The lowest BCUT2D eigenvalue weighted by molar-refractivity contribution is 0.0930. The molecule has 0 aliphatic carbocycles. The van der Waals surface area contributed by atoms with E-state index in [0.717, 1.165) is 11.4 Å². The number of aryl methyl sites for hydroxylation is 2. The van der Waals surface area contributed by atoms with E-state index in [1.54, 1.807) is 13.2 Å². The Labute approximate surface area is 136 Å². The number of rotatable bonds is 6. The van der Waals surface area contributed by atoms with Crippen molar-refractivity contribution in [1.29, 1.82) is 0 Å². The molecule has 0 saturated carbocycles. The van der Waals surface area contributed by atoms with Gasteiger partial charge in [0, 0.05) is 5.69 Å². The monoisotopic (exact) mass is 314 g/mol. The van der Waals surface area contributed by atoms with Gasteiger partial charge in [-0.05, 0) is 45.0 Å². The van der Waals surface area contributed by atoms with Gasteiger partial charge in [0.25, 0.3) is 5.91 Å². The molecule has 1 unspecified atom stereocenters. The summed E-state index contributed by atoms with van der Waals surface area (Å²) in [5, 5.41) is 2.87. The van der Waals surface area contributed by atoms with Gasteiger partial charge in [0.1, 0.15) is 6.10 Å². The van der Waals surface area contributed by atoms with Crippen molar-refractivity contribution in [2.45, 2.75) is 26.9 Å². The summed E-state index contributed by atoms with van der Waals surface area (Å²) < 4.78 is 11.1. The Hall–Kier alpha value is -2.56. The number of carbonyl (C=O) groups is 1. The molecule has 0 saturated heterocycles. The van der Waals surface area contributed by atoms with E-state index in [0.29, 0.717) is 23.6 Å². The SMILES string of the molecule is COc1ccccc1OC(C)CNC(=O)c1ccc(C)nc1C. The summed E-state index contributed by atoms with van der Waals surface area (Å²) in [6.45, 7) is 6.02. The fourth-order valence-corrected chi connectivity index (χ4v) is 2.23. The van der Waals surface area contributed by atoms with Crippen LogP contribution in [-0.4, -0.2) is 30.6 Å². The molecule has 2 rings (SSSR count). The van der Waals surface area contributed by atoms with E-state index in [1.807, 2.05) is 51.1 Å². The molecular weight excluding hydrogens is 292 g/mol. The van der Waals surface area contributed by atoms with Gasteiger partial charge in [-0.1, -0.05) is 12.1 Å². The lowest BCUT2D eigenvalue weighted by Crippen LogP contribution is -2.34. The number of carbonyl (C=O) groups excluding carboxylic acids is 1. The molecule has 1 heterocycles. The first-order chi connectivity index (χ1) is 11.0. The van der Waals surface area contributed by atoms with E-state index in [1.165, 1.54) is 0 Å². The van der Waals surface area contributed by atoms with Gasteiger partial charge in [-0.3, -0.25) is 9.78 Å². The maximum atomic E-state index is 12.2. The average molecular weight is 314 g/mol. The largest absolute Gasteiger partial charge is 0.493 e. The molecule has 1 aromatic carbocycles. The van der Waals surface area contributed by atoms with Gasteiger partial charge in [0.2, 0.25) is 0 Å². The van der Waals surface area contributed by atoms with Crippen LogP contribution in [-0.2, 0) is 0 Å². The molecule has 0 bridgehead atoms. The van der Waals surface area contributed by atoms with Crippen LogP contribution in [0.15, 0.2) is 36.4 Å². The quantitative estimate of drug-likeness (QED) is 0.890. The highest BCUT2D eigenvalue weighted by atomic mass is 16.5. The molecule has 1 N–H and O–H groups in total. The van der Waals surface area contributed by atoms with Crippen LogP contribution in [0, 0.1) is 13.8 Å². The minimum Gasteiger partial charge on any atom is -0.493 e. The Morgan fingerprint density at radius 2 is 1.87 bits per heavy atom. The van der Waals surface area contributed by atoms with Crippen LogP contribution in [0.2, 0.25) is 0 Å². The van der Waals surface area contributed by atoms with Crippen molar-refractivity contribution in [3.63, 3.8) is 0 Å². The molecular formula is C18H22N2O3. The van der Waals surface area contributed by atoms with Crippen molar-refractivity contribution in [2.24, 2.45) is 0 Å². The average Bonchev–Trinajstić information content (AvgIpc) is 2.53. The maximum absolute atomic E-state index is 12.2.